The first-order valence-electron chi connectivity index (χ1n) is 4.63. The first-order valence-corrected chi connectivity index (χ1v) is 4.63. The average Bonchev–Trinajstić information content (AvgIpc) is 2.61. The van der Waals surface area contributed by atoms with Crippen molar-refractivity contribution in [3.63, 3.8) is 0 Å². The predicted molar refractivity (Wildman–Crippen MR) is 55.4 cm³/mol. The molecule has 0 aliphatic carbocycles. The topological polar surface area (TPSA) is 92.2 Å². The van der Waals surface area contributed by atoms with Gasteiger partial charge < -0.3 is 20.2 Å². The molecule has 0 spiro atoms. The minimum Gasteiger partial charge on any atom is -0.545 e. The van der Waals surface area contributed by atoms with Crippen molar-refractivity contribution in [1.82, 2.24) is 5.16 Å². The van der Waals surface area contributed by atoms with Crippen molar-refractivity contribution in [2.24, 2.45) is 0 Å². The van der Waals surface area contributed by atoms with Crippen LogP contribution in [-0.2, 0) is 0 Å². The molecule has 0 fully saturated rings. The zero-order valence-electron chi connectivity index (χ0n) is 8.56. The number of anilines is 1. The summed E-state index contributed by atoms with van der Waals surface area (Å²) in [7, 11) is 0. The molecule has 1 aromatic heterocycles. The number of aromatic carboxylic acids is 1. The zero-order chi connectivity index (χ0) is 11.7. The number of carboxylic acid groups (broad SMARTS) is 1. The van der Waals surface area contributed by atoms with E-state index in [0.29, 0.717) is 11.3 Å². The molecule has 0 bridgehead atoms. The van der Waals surface area contributed by atoms with Gasteiger partial charge in [0.1, 0.15) is 11.5 Å². The number of aryl methyl sites for hydroxylation is 1. The van der Waals surface area contributed by atoms with Crippen molar-refractivity contribution in [2.75, 3.05) is 5.73 Å². The van der Waals surface area contributed by atoms with E-state index >= 15 is 0 Å². The van der Waals surface area contributed by atoms with E-state index < -0.39 is 5.97 Å². The van der Waals surface area contributed by atoms with Gasteiger partial charge in [-0.25, -0.2) is 0 Å². The van der Waals surface area contributed by atoms with Gasteiger partial charge in [0.05, 0.1) is 11.5 Å². The van der Waals surface area contributed by atoms with Crippen LogP contribution in [0.1, 0.15) is 16.1 Å². The summed E-state index contributed by atoms with van der Waals surface area (Å²) in [4.78, 5) is 10.9. The molecular weight excluding hydrogens is 208 g/mol. The third-order valence-electron chi connectivity index (χ3n) is 2.25. The third-order valence-corrected chi connectivity index (χ3v) is 2.25. The van der Waals surface area contributed by atoms with E-state index in [1.807, 2.05) is 0 Å². The summed E-state index contributed by atoms with van der Waals surface area (Å²) in [5.41, 5.74) is 7.00. The average molecular weight is 217 g/mol. The minimum atomic E-state index is -1.30. The molecule has 0 unspecified atom stereocenters. The Balaban J connectivity index is 2.56. The van der Waals surface area contributed by atoms with Crippen LogP contribution in [-0.4, -0.2) is 11.1 Å². The van der Waals surface area contributed by atoms with Crippen molar-refractivity contribution < 1.29 is 14.4 Å². The molecule has 0 saturated carbocycles. The Morgan fingerprint density at radius 2 is 2.00 bits per heavy atom. The van der Waals surface area contributed by atoms with E-state index in [2.05, 4.69) is 5.16 Å². The highest BCUT2D eigenvalue weighted by Crippen LogP contribution is 2.25. The Labute approximate surface area is 91.5 Å². The van der Waals surface area contributed by atoms with Gasteiger partial charge in [-0.05, 0) is 19.1 Å². The fourth-order valence-electron chi connectivity index (χ4n) is 1.45. The maximum absolute atomic E-state index is 10.9. The van der Waals surface area contributed by atoms with Crippen LogP contribution in [0.15, 0.2) is 28.8 Å². The molecule has 1 aromatic carbocycles. The standard InChI is InChI=1S/C11H10N2O3/c1-6-9(11(14)15)10(13-16-6)7-2-4-8(12)5-3-7/h2-5H,12H2,1H3,(H,14,15)/p-1. The number of nitrogens with two attached hydrogens (primary N) is 1. The summed E-state index contributed by atoms with van der Waals surface area (Å²) >= 11 is 0. The quantitative estimate of drug-likeness (QED) is 0.743. The summed E-state index contributed by atoms with van der Waals surface area (Å²) in [5.74, 6) is -1.07. The maximum atomic E-state index is 10.9. The van der Waals surface area contributed by atoms with Crippen LogP contribution in [0.5, 0.6) is 0 Å². The number of nitrogens with zero attached hydrogens (tertiary/aromatic N) is 1. The molecule has 0 atom stereocenters. The van der Waals surface area contributed by atoms with E-state index in [9.17, 15) is 9.90 Å². The SMILES string of the molecule is Cc1onc(-c2ccc(N)cc2)c1C(=O)[O-]. The highest BCUT2D eigenvalue weighted by atomic mass is 16.5. The molecule has 2 rings (SSSR count). The lowest BCUT2D eigenvalue weighted by atomic mass is 10.1. The highest BCUT2D eigenvalue weighted by Gasteiger charge is 2.15. The second-order valence-corrected chi connectivity index (χ2v) is 3.37. The van der Waals surface area contributed by atoms with Crippen molar-refractivity contribution in [3.8, 4) is 11.3 Å². The van der Waals surface area contributed by atoms with Crippen LogP contribution >= 0.6 is 0 Å². The predicted octanol–water partition coefficient (Wildman–Crippen LogP) is 0.596. The number of hydrogen-bond donors (Lipinski definition) is 1. The first kappa shape index (κ1) is 10.2. The Morgan fingerprint density at radius 1 is 1.38 bits per heavy atom. The van der Waals surface area contributed by atoms with Gasteiger partial charge in [0.25, 0.3) is 0 Å². The Hall–Kier alpha value is -2.30. The van der Waals surface area contributed by atoms with Crippen LogP contribution in [0.25, 0.3) is 11.3 Å². The highest BCUT2D eigenvalue weighted by molar-refractivity contribution is 5.94. The molecule has 0 amide bonds. The van der Waals surface area contributed by atoms with Gasteiger partial charge in [0.15, 0.2) is 0 Å². The molecule has 5 heteroatoms. The van der Waals surface area contributed by atoms with E-state index in [1.165, 1.54) is 6.92 Å². The molecule has 1 heterocycles. The van der Waals surface area contributed by atoms with E-state index in [1.54, 1.807) is 24.3 Å². The number of hydrogen-bond acceptors (Lipinski definition) is 5. The minimum absolute atomic E-state index is 0.0234. The number of aromatic nitrogens is 1. The van der Waals surface area contributed by atoms with Crippen LogP contribution < -0.4 is 10.8 Å². The van der Waals surface area contributed by atoms with Crippen LogP contribution in [0.3, 0.4) is 0 Å². The largest absolute Gasteiger partial charge is 0.545 e. The second-order valence-electron chi connectivity index (χ2n) is 3.37. The molecule has 0 aliphatic heterocycles. The number of carbonyl (C=O) groups excluding carboxylic acids is 1. The Bertz CT molecular complexity index is 529. The van der Waals surface area contributed by atoms with Crippen molar-refractivity contribution in [2.45, 2.75) is 6.92 Å². The molecular formula is C11H9N2O3-. The van der Waals surface area contributed by atoms with Crippen LogP contribution in [0.2, 0.25) is 0 Å². The van der Waals surface area contributed by atoms with Gasteiger partial charge in [-0.1, -0.05) is 17.3 Å². The van der Waals surface area contributed by atoms with Gasteiger partial charge in [-0.2, -0.15) is 0 Å². The number of carboxylic acids is 1. The molecule has 0 saturated heterocycles. The summed E-state index contributed by atoms with van der Waals surface area (Å²) < 4.78 is 4.84. The van der Waals surface area contributed by atoms with Gasteiger partial charge in [-0.15, -0.1) is 0 Å². The molecule has 0 aliphatic rings. The number of carbonyl (C=O) groups is 1. The maximum Gasteiger partial charge on any atom is 0.143 e. The second kappa shape index (κ2) is 3.69. The summed E-state index contributed by atoms with van der Waals surface area (Å²) in [6, 6.07) is 6.69. The lowest BCUT2D eigenvalue weighted by molar-refractivity contribution is -0.255. The van der Waals surface area contributed by atoms with Gasteiger partial charge >= 0.3 is 0 Å². The third kappa shape index (κ3) is 1.63. The first-order chi connectivity index (χ1) is 7.59. The van der Waals surface area contributed by atoms with E-state index in [4.69, 9.17) is 10.3 Å². The van der Waals surface area contributed by atoms with Gasteiger partial charge in [0.2, 0.25) is 0 Å². The summed E-state index contributed by atoms with van der Waals surface area (Å²) in [5, 5.41) is 14.6. The normalized spacial score (nSPS) is 10.3. The van der Waals surface area contributed by atoms with Gasteiger partial charge in [-0.3, -0.25) is 0 Å². The van der Waals surface area contributed by atoms with Crippen molar-refractivity contribution in [3.05, 3.63) is 35.6 Å². The smallest absolute Gasteiger partial charge is 0.143 e. The van der Waals surface area contributed by atoms with Gasteiger partial charge in [0, 0.05) is 11.3 Å². The molecule has 5 nitrogen and oxygen atoms in total. The number of benzene rings is 1. The molecule has 16 heavy (non-hydrogen) atoms. The zero-order valence-corrected chi connectivity index (χ0v) is 8.56. The molecule has 0 radical (unpaired) electrons. The fourth-order valence-corrected chi connectivity index (χ4v) is 1.45. The monoisotopic (exact) mass is 217 g/mol. The fraction of sp³-hybridized carbons (Fsp3) is 0.0909. The lowest BCUT2D eigenvalue weighted by Gasteiger charge is -2.03. The molecule has 82 valence electrons. The lowest BCUT2D eigenvalue weighted by Crippen LogP contribution is -2.23. The molecule has 2 N–H and O–H groups in total. The van der Waals surface area contributed by atoms with Crippen molar-refractivity contribution in [1.29, 1.82) is 0 Å². The van der Waals surface area contributed by atoms with Crippen molar-refractivity contribution >= 4 is 11.7 Å². The van der Waals surface area contributed by atoms with E-state index in [-0.39, 0.29) is 17.0 Å². The molecule has 2 aromatic rings. The number of rotatable bonds is 2. The Kier molecular flexibility index (Phi) is 2.36. The van der Waals surface area contributed by atoms with Crippen LogP contribution in [0, 0.1) is 6.92 Å². The van der Waals surface area contributed by atoms with E-state index in [0.717, 1.165) is 0 Å². The summed E-state index contributed by atoms with van der Waals surface area (Å²) in [6.07, 6.45) is 0. The summed E-state index contributed by atoms with van der Waals surface area (Å²) in [6.45, 7) is 1.53. The van der Waals surface area contributed by atoms with Crippen LogP contribution in [0.4, 0.5) is 5.69 Å². The Morgan fingerprint density at radius 3 is 2.56 bits per heavy atom. The number of nitrogen functional groups attached to an aromatic ring is 1.